The molecule has 2 aliphatic rings. The Kier molecular flexibility index (Phi) is 1.98. The number of hydrogen-bond acceptors (Lipinski definition) is 2. The lowest BCUT2D eigenvalue weighted by Gasteiger charge is -2.46. The van der Waals surface area contributed by atoms with Crippen LogP contribution in [0.4, 0.5) is 0 Å². The summed E-state index contributed by atoms with van der Waals surface area (Å²) in [5, 5.41) is 10.7. The molecule has 0 bridgehead atoms. The van der Waals surface area contributed by atoms with Crippen LogP contribution in [0.25, 0.3) is 0 Å². The molecule has 0 amide bonds. The molecule has 1 unspecified atom stereocenters. The second kappa shape index (κ2) is 3.13. The van der Waals surface area contributed by atoms with Gasteiger partial charge in [0.25, 0.3) is 0 Å². The van der Waals surface area contributed by atoms with E-state index >= 15 is 0 Å². The molecule has 1 aromatic rings. The van der Waals surface area contributed by atoms with Crippen molar-refractivity contribution in [2.24, 2.45) is 0 Å². The van der Waals surface area contributed by atoms with E-state index in [0.29, 0.717) is 11.4 Å². The summed E-state index contributed by atoms with van der Waals surface area (Å²) >= 11 is 5.89. The number of ether oxygens (including phenoxy) is 1. The standard InChI is InChI=1S/C12H13ClO2/c13-8-2-3-11-9(6-8)10(14)7-12(15-11)4-1-5-12/h2-3,6,10,14H,1,4-5,7H2. The van der Waals surface area contributed by atoms with Gasteiger partial charge < -0.3 is 9.84 Å². The van der Waals surface area contributed by atoms with Gasteiger partial charge in [-0.1, -0.05) is 11.6 Å². The lowest BCUT2D eigenvalue weighted by atomic mass is 9.73. The molecule has 3 heteroatoms. The Bertz CT molecular complexity index is 399. The molecule has 1 saturated carbocycles. The van der Waals surface area contributed by atoms with Crippen molar-refractivity contribution in [2.75, 3.05) is 0 Å². The van der Waals surface area contributed by atoms with Crippen LogP contribution in [0.3, 0.4) is 0 Å². The SMILES string of the molecule is OC1CC2(CCC2)Oc2ccc(Cl)cc21. The average Bonchev–Trinajstić information content (AvgIpc) is 2.16. The Morgan fingerprint density at radius 1 is 1.40 bits per heavy atom. The minimum Gasteiger partial charge on any atom is -0.487 e. The van der Waals surface area contributed by atoms with Crippen molar-refractivity contribution in [1.82, 2.24) is 0 Å². The third-order valence-corrected chi connectivity index (χ3v) is 3.72. The Morgan fingerprint density at radius 3 is 2.87 bits per heavy atom. The Balaban J connectivity index is 2.01. The Labute approximate surface area is 93.8 Å². The maximum atomic E-state index is 10.0. The van der Waals surface area contributed by atoms with Crippen LogP contribution in [0, 0.1) is 0 Å². The molecule has 3 rings (SSSR count). The van der Waals surface area contributed by atoms with E-state index in [9.17, 15) is 5.11 Å². The van der Waals surface area contributed by atoms with E-state index in [1.165, 1.54) is 6.42 Å². The molecule has 1 aliphatic heterocycles. The molecule has 1 aromatic carbocycles. The molecular weight excluding hydrogens is 212 g/mol. The smallest absolute Gasteiger partial charge is 0.126 e. The number of fused-ring (bicyclic) bond motifs is 1. The summed E-state index contributed by atoms with van der Waals surface area (Å²) in [6, 6.07) is 5.47. The molecule has 1 aliphatic carbocycles. The molecular formula is C12H13ClO2. The average molecular weight is 225 g/mol. The van der Waals surface area contributed by atoms with Crippen molar-refractivity contribution in [3.8, 4) is 5.75 Å². The lowest BCUT2D eigenvalue weighted by molar-refractivity contribution is -0.0663. The summed E-state index contributed by atoms with van der Waals surface area (Å²) < 4.78 is 5.96. The van der Waals surface area contributed by atoms with Gasteiger partial charge in [0, 0.05) is 17.0 Å². The van der Waals surface area contributed by atoms with Gasteiger partial charge in [-0.25, -0.2) is 0 Å². The van der Waals surface area contributed by atoms with Gasteiger partial charge in [-0.05, 0) is 37.5 Å². The van der Waals surface area contributed by atoms with Crippen molar-refractivity contribution in [2.45, 2.75) is 37.4 Å². The van der Waals surface area contributed by atoms with E-state index in [0.717, 1.165) is 24.2 Å². The molecule has 1 fully saturated rings. The predicted molar refractivity (Wildman–Crippen MR) is 58.2 cm³/mol. The predicted octanol–water partition coefficient (Wildman–Crippen LogP) is 3.08. The van der Waals surface area contributed by atoms with Gasteiger partial charge in [0.15, 0.2) is 0 Å². The van der Waals surface area contributed by atoms with E-state index < -0.39 is 6.10 Å². The molecule has 1 N–H and O–H groups in total. The van der Waals surface area contributed by atoms with E-state index in [1.807, 2.05) is 12.1 Å². The van der Waals surface area contributed by atoms with Gasteiger partial charge >= 0.3 is 0 Å². The zero-order valence-corrected chi connectivity index (χ0v) is 9.13. The second-order valence-corrected chi connectivity index (χ2v) is 4.98. The zero-order chi connectivity index (χ0) is 10.5. The first kappa shape index (κ1) is 9.49. The van der Waals surface area contributed by atoms with Gasteiger partial charge in [0.2, 0.25) is 0 Å². The van der Waals surface area contributed by atoms with E-state index in [1.54, 1.807) is 6.07 Å². The number of benzene rings is 1. The number of rotatable bonds is 0. The van der Waals surface area contributed by atoms with E-state index in [4.69, 9.17) is 16.3 Å². The van der Waals surface area contributed by atoms with Crippen LogP contribution >= 0.6 is 11.6 Å². The monoisotopic (exact) mass is 224 g/mol. The molecule has 1 atom stereocenters. The zero-order valence-electron chi connectivity index (χ0n) is 8.37. The minimum atomic E-state index is -0.423. The molecule has 0 radical (unpaired) electrons. The first-order valence-electron chi connectivity index (χ1n) is 5.35. The summed E-state index contributed by atoms with van der Waals surface area (Å²) in [5.74, 6) is 0.804. The third kappa shape index (κ3) is 1.44. The van der Waals surface area contributed by atoms with Gasteiger partial charge in [0.05, 0.1) is 6.10 Å². The summed E-state index contributed by atoms with van der Waals surface area (Å²) in [7, 11) is 0. The third-order valence-electron chi connectivity index (χ3n) is 3.49. The molecule has 1 spiro atoms. The molecule has 0 saturated heterocycles. The van der Waals surface area contributed by atoms with Crippen molar-refractivity contribution in [3.05, 3.63) is 28.8 Å². The first-order chi connectivity index (χ1) is 7.19. The van der Waals surface area contributed by atoms with Crippen molar-refractivity contribution in [1.29, 1.82) is 0 Å². The van der Waals surface area contributed by atoms with Crippen LogP contribution in [0.1, 0.15) is 37.4 Å². The number of halogens is 1. The lowest BCUT2D eigenvalue weighted by Crippen LogP contribution is -2.46. The first-order valence-corrected chi connectivity index (χ1v) is 5.73. The molecule has 1 heterocycles. The highest BCUT2D eigenvalue weighted by atomic mass is 35.5. The number of aliphatic hydroxyl groups excluding tert-OH is 1. The Hall–Kier alpha value is -0.730. The van der Waals surface area contributed by atoms with Crippen LogP contribution in [0.15, 0.2) is 18.2 Å². The highest BCUT2D eigenvalue weighted by Gasteiger charge is 2.45. The molecule has 15 heavy (non-hydrogen) atoms. The number of hydrogen-bond donors (Lipinski definition) is 1. The highest BCUT2D eigenvalue weighted by molar-refractivity contribution is 6.30. The number of aliphatic hydroxyl groups is 1. The summed E-state index contributed by atoms with van der Waals surface area (Å²) in [5.41, 5.74) is 0.750. The van der Waals surface area contributed by atoms with E-state index in [2.05, 4.69) is 0 Å². The molecule has 80 valence electrons. The quantitative estimate of drug-likeness (QED) is 0.734. The fraction of sp³-hybridized carbons (Fsp3) is 0.500. The summed E-state index contributed by atoms with van der Waals surface area (Å²) in [6.07, 6.45) is 3.61. The normalized spacial score (nSPS) is 26.7. The largest absolute Gasteiger partial charge is 0.487 e. The van der Waals surface area contributed by atoms with Gasteiger partial charge in [-0.2, -0.15) is 0 Å². The van der Waals surface area contributed by atoms with Gasteiger partial charge in [0.1, 0.15) is 11.4 Å². The molecule has 2 nitrogen and oxygen atoms in total. The summed E-state index contributed by atoms with van der Waals surface area (Å²) in [4.78, 5) is 0. The maximum absolute atomic E-state index is 10.0. The van der Waals surface area contributed by atoms with Crippen LogP contribution in [0.5, 0.6) is 5.75 Å². The maximum Gasteiger partial charge on any atom is 0.126 e. The fourth-order valence-corrected chi connectivity index (χ4v) is 2.67. The van der Waals surface area contributed by atoms with Crippen molar-refractivity contribution < 1.29 is 9.84 Å². The summed E-state index contributed by atoms with van der Waals surface area (Å²) in [6.45, 7) is 0. The highest BCUT2D eigenvalue weighted by Crippen LogP contribution is 2.49. The van der Waals surface area contributed by atoms with Crippen LogP contribution in [-0.4, -0.2) is 10.7 Å². The topological polar surface area (TPSA) is 29.5 Å². The van der Waals surface area contributed by atoms with Crippen molar-refractivity contribution >= 4 is 11.6 Å². The second-order valence-electron chi connectivity index (χ2n) is 4.54. The minimum absolute atomic E-state index is 0.0831. The van der Waals surface area contributed by atoms with Gasteiger partial charge in [-0.3, -0.25) is 0 Å². The van der Waals surface area contributed by atoms with Gasteiger partial charge in [-0.15, -0.1) is 0 Å². The van der Waals surface area contributed by atoms with Crippen LogP contribution < -0.4 is 4.74 Å². The Morgan fingerprint density at radius 2 is 2.20 bits per heavy atom. The fourth-order valence-electron chi connectivity index (χ4n) is 2.49. The molecule has 0 aromatic heterocycles. The van der Waals surface area contributed by atoms with Crippen molar-refractivity contribution in [3.63, 3.8) is 0 Å². The van der Waals surface area contributed by atoms with E-state index in [-0.39, 0.29) is 5.60 Å². The van der Waals surface area contributed by atoms with Crippen LogP contribution in [-0.2, 0) is 0 Å². The van der Waals surface area contributed by atoms with Crippen LogP contribution in [0.2, 0.25) is 5.02 Å².